The first-order chi connectivity index (χ1) is 13.2. The van der Waals surface area contributed by atoms with Gasteiger partial charge in [-0.05, 0) is 49.4 Å². The minimum Gasteiger partial charge on any atom is -0.484 e. The zero-order valence-corrected chi connectivity index (χ0v) is 15.4. The molecule has 1 aliphatic rings. The first-order valence-electron chi connectivity index (χ1n) is 9.38. The Bertz CT molecular complexity index is 701. The van der Waals surface area contributed by atoms with E-state index in [9.17, 15) is 9.18 Å². The monoisotopic (exact) mass is 371 g/mol. The minimum absolute atomic E-state index is 0.0420. The molecular weight excluding hydrogens is 345 g/mol. The summed E-state index contributed by atoms with van der Waals surface area (Å²) in [5.41, 5.74) is 1.07. The third-order valence-electron chi connectivity index (χ3n) is 4.65. The molecule has 0 atom stereocenters. The zero-order valence-electron chi connectivity index (χ0n) is 15.4. The molecule has 1 heterocycles. The quantitative estimate of drug-likeness (QED) is 0.725. The third kappa shape index (κ3) is 6.25. The standard InChI is InChI=1S/C21H26FN3O2/c22-18-7-9-19(10-8-18)25-15-13-24(14-16-25)12-4-11-23-21(26)17-27-20-5-2-1-3-6-20/h1-3,5-10H,4,11-17H2,(H,23,26). The fraction of sp³-hybridized carbons (Fsp3) is 0.381. The van der Waals surface area contributed by atoms with Crippen LogP contribution in [0, 0.1) is 5.82 Å². The van der Waals surface area contributed by atoms with Gasteiger partial charge in [-0.3, -0.25) is 9.69 Å². The highest BCUT2D eigenvalue weighted by Gasteiger charge is 2.16. The SMILES string of the molecule is O=C(COc1ccccc1)NCCCN1CCN(c2ccc(F)cc2)CC1. The largest absolute Gasteiger partial charge is 0.484 e. The average molecular weight is 371 g/mol. The molecule has 1 saturated heterocycles. The second-order valence-corrected chi connectivity index (χ2v) is 6.61. The number of anilines is 1. The van der Waals surface area contributed by atoms with Gasteiger partial charge in [-0.15, -0.1) is 0 Å². The fourth-order valence-corrected chi connectivity index (χ4v) is 3.13. The number of carbonyl (C=O) groups is 1. The van der Waals surface area contributed by atoms with Crippen LogP contribution >= 0.6 is 0 Å². The van der Waals surface area contributed by atoms with Gasteiger partial charge in [0.2, 0.25) is 0 Å². The maximum atomic E-state index is 13.0. The Balaban J connectivity index is 1.27. The maximum Gasteiger partial charge on any atom is 0.257 e. The molecule has 0 radical (unpaired) electrons. The van der Waals surface area contributed by atoms with Crippen molar-refractivity contribution in [2.24, 2.45) is 0 Å². The van der Waals surface area contributed by atoms with Crippen LogP contribution in [0.2, 0.25) is 0 Å². The van der Waals surface area contributed by atoms with Gasteiger partial charge in [-0.2, -0.15) is 0 Å². The van der Waals surface area contributed by atoms with E-state index in [0.29, 0.717) is 12.3 Å². The molecule has 6 heteroatoms. The number of carbonyl (C=O) groups excluding carboxylic acids is 1. The van der Waals surface area contributed by atoms with E-state index in [2.05, 4.69) is 15.1 Å². The summed E-state index contributed by atoms with van der Waals surface area (Å²) in [6, 6.07) is 16.0. The van der Waals surface area contributed by atoms with Crippen molar-refractivity contribution in [2.45, 2.75) is 6.42 Å². The van der Waals surface area contributed by atoms with Crippen molar-refractivity contribution in [1.82, 2.24) is 10.2 Å². The van der Waals surface area contributed by atoms with E-state index in [-0.39, 0.29) is 18.3 Å². The average Bonchev–Trinajstić information content (AvgIpc) is 2.71. The molecule has 0 aliphatic carbocycles. The molecule has 144 valence electrons. The molecule has 1 aliphatic heterocycles. The van der Waals surface area contributed by atoms with Crippen molar-refractivity contribution < 1.29 is 13.9 Å². The number of piperazine rings is 1. The number of ether oxygens (including phenoxy) is 1. The van der Waals surface area contributed by atoms with E-state index in [0.717, 1.165) is 44.8 Å². The highest BCUT2D eigenvalue weighted by Crippen LogP contribution is 2.16. The van der Waals surface area contributed by atoms with Gasteiger partial charge < -0.3 is 15.0 Å². The number of amides is 1. The number of benzene rings is 2. The number of hydrogen-bond acceptors (Lipinski definition) is 4. The van der Waals surface area contributed by atoms with Gasteiger partial charge in [0.25, 0.3) is 5.91 Å². The molecule has 3 rings (SSSR count). The van der Waals surface area contributed by atoms with Crippen molar-refractivity contribution in [1.29, 1.82) is 0 Å². The molecule has 0 spiro atoms. The van der Waals surface area contributed by atoms with Gasteiger partial charge in [-0.1, -0.05) is 18.2 Å². The Hall–Kier alpha value is -2.60. The van der Waals surface area contributed by atoms with E-state index in [1.807, 2.05) is 42.5 Å². The molecule has 0 bridgehead atoms. The van der Waals surface area contributed by atoms with Gasteiger partial charge in [0.1, 0.15) is 11.6 Å². The van der Waals surface area contributed by atoms with Crippen molar-refractivity contribution in [3.8, 4) is 5.75 Å². The van der Waals surface area contributed by atoms with Crippen molar-refractivity contribution in [2.75, 3.05) is 50.8 Å². The minimum atomic E-state index is -0.200. The molecule has 2 aromatic carbocycles. The summed E-state index contributed by atoms with van der Waals surface area (Å²) in [6.45, 7) is 5.46. The molecule has 0 aromatic heterocycles. The molecule has 0 unspecified atom stereocenters. The number of rotatable bonds is 8. The Morgan fingerprint density at radius 3 is 2.41 bits per heavy atom. The van der Waals surface area contributed by atoms with Gasteiger partial charge in [0.05, 0.1) is 0 Å². The normalized spacial score (nSPS) is 14.8. The van der Waals surface area contributed by atoms with Crippen molar-refractivity contribution in [3.05, 3.63) is 60.4 Å². The Kier molecular flexibility index (Phi) is 7.04. The van der Waals surface area contributed by atoms with Crippen LogP contribution < -0.4 is 15.0 Å². The van der Waals surface area contributed by atoms with Crippen LogP contribution in [0.4, 0.5) is 10.1 Å². The van der Waals surface area contributed by atoms with Gasteiger partial charge in [-0.25, -0.2) is 4.39 Å². The molecule has 27 heavy (non-hydrogen) atoms. The van der Waals surface area contributed by atoms with E-state index >= 15 is 0 Å². The van der Waals surface area contributed by atoms with Crippen LogP contribution in [0.25, 0.3) is 0 Å². The van der Waals surface area contributed by atoms with E-state index < -0.39 is 0 Å². The Morgan fingerprint density at radius 2 is 1.70 bits per heavy atom. The van der Waals surface area contributed by atoms with Gasteiger partial charge in [0.15, 0.2) is 6.61 Å². The summed E-state index contributed by atoms with van der Waals surface area (Å²) < 4.78 is 18.4. The van der Waals surface area contributed by atoms with E-state index in [1.165, 1.54) is 12.1 Å². The van der Waals surface area contributed by atoms with Crippen LogP contribution in [0.5, 0.6) is 5.75 Å². The maximum absolute atomic E-state index is 13.0. The van der Waals surface area contributed by atoms with Crippen LogP contribution in [0.1, 0.15) is 6.42 Å². The Labute approximate surface area is 159 Å². The predicted octanol–water partition coefficient (Wildman–Crippen LogP) is 2.53. The zero-order chi connectivity index (χ0) is 18.9. The number of nitrogens with one attached hydrogen (secondary N) is 1. The second-order valence-electron chi connectivity index (χ2n) is 6.61. The lowest BCUT2D eigenvalue weighted by atomic mass is 10.2. The summed E-state index contributed by atoms with van der Waals surface area (Å²) in [6.07, 6.45) is 0.910. The van der Waals surface area contributed by atoms with Crippen LogP contribution in [-0.2, 0) is 4.79 Å². The Morgan fingerprint density at radius 1 is 1.00 bits per heavy atom. The van der Waals surface area contributed by atoms with Gasteiger partial charge in [0, 0.05) is 38.4 Å². The summed E-state index contributed by atoms with van der Waals surface area (Å²) in [7, 11) is 0. The number of para-hydroxylation sites is 1. The lowest BCUT2D eigenvalue weighted by Gasteiger charge is -2.36. The molecule has 2 aromatic rings. The first kappa shape index (κ1) is 19.2. The lowest BCUT2D eigenvalue weighted by molar-refractivity contribution is -0.123. The highest BCUT2D eigenvalue weighted by molar-refractivity contribution is 5.77. The summed E-state index contributed by atoms with van der Waals surface area (Å²) >= 11 is 0. The molecule has 1 amide bonds. The summed E-state index contributed by atoms with van der Waals surface area (Å²) in [4.78, 5) is 16.5. The fourth-order valence-electron chi connectivity index (χ4n) is 3.13. The molecule has 5 nitrogen and oxygen atoms in total. The first-order valence-corrected chi connectivity index (χ1v) is 9.38. The van der Waals surface area contributed by atoms with Crippen molar-refractivity contribution >= 4 is 11.6 Å². The number of nitrogens with zero attached hydrogens (tertiary/aromatic N) is 2. The number of halogens is 1. The molecular formula is C21H26FN3O2. The molecule has 1 N–H and O–H groups in total. The molecule has 0 saturated carbocycles. The van der Waals surface area contributed by atoms with E-state index in [4.69, 9.17) is 4.74 Å². The van der Waals surface area contributed by atoms with Crippen molar-refractivity contribution in [3.63, 3.8) is 0 Å². The van der Waals surface area contributed by atoms with Gasteiger partial charge >= 0.3 is 0 Å². The number of hydrogen-bond donors (Lipinski definition) is 1. The lowest BCUT2D eigenvalue weighted by Crippen LogP contribution is -2.47. The van der Waals surface area contributed by atoms with E-state index in [1.54, 1.807) is 0 Å². The smallest absolute Gasteiger partial charge is 0.257 e. The second kappa shape index (κ2) is 9.92. The van der Waals surface area contributed by atoms with Crippen LogP contribution in [0.15, 0.2) is 54.6 Å². The van der Waals surface area contributed by atoms with Crippen LogP contribution in [0.3, 0.4) is 0 Å². The summed E-state index contributed by atoms with van der Waals surface area (Å²) in [5, 5.41) is 2.90. The topological polar surface area (TPSA) is 44.8 Å². The molecule has 1 fully saturated rings. The third-order valence-corrected chi connectivity index (χ3v) is 4.65. The summed E-state index contributed by atoms with van der Waals surface area (Å²) in [5.74, 6) is 0.403. The predicted molar refractivity (Wildman–Crippen MR) is 105 cm³/mol. The van der Waals surface area contributed by atoms with Crippen LogP contribution in [-0.4, -0.2) is 56.7 Å². The highest BCUT2D eigenvalue weighted by atomic mass is 19.1.